The second kappa shape index (κ2) is 11.6. The van der Waals surface area contributed by atoms with E-state index in [0.29, 0.717) is 36.0 Å². The predicted octanol–water partition coefficient (Wildman–Crippen LogP) is 3.24. The average Bonchev–Trinajstić information content (AvgIpc) is 3.39. The van der Waals surface area contributed by atoms with Crippen LogP contribution in [0.3, 0.4) is 0 Å². The molecule has 1 saturated heterocycles. The molecule has 3 heterocycles. The second-order valence-corrected chi connectivity index (χ2v) is 11.2. The van der Waals surface area contributed by atoms with Crippen molar-refractivity contribution in [1.82, 2.24) is 19.9 Å². The summed E-state index contributed by atoms with van der Waals surface area (Å²) in [7, 11) is -2.37. The third kappa shape index (κ3) is 6.59. The monoisotopic (exact) mass is 579 g/mol. The molecule has 0 aliphatic carbocycles. The molecule has 0 radical (unpaired) electrons. The van der Waals surface area contributed by atoms with Gasteiger partial charge in [-0.1, -0.05) is 12.1 Å². The number of carbonyl (C=O) groups excluding carboxylic acids is 1. The second-order valence-electron chi connectivity index (χ2n) is 9.21. The normalized spacial score (nSPS) is 15.7. The summed E-state index contributed by atoms with van der Waals surface area (Å²) >= 11 is 0. The Hall–Kier alpha value is -3.98. The zero-order valence-corrected chi connectivity index (χ0v) is 22.5. The van der Waals surface area contributed by atoms with Crippen molar-refractivity contribution in [1.29, 1.82) is 0 Å². The fourth-order valence-electron chi connectivity index (χ4n) is 4.29. The van der Waals surface area contributed by atoms with Gasteiger partial charge in [-0.15, -0.1) is 0 Å². The van der Waals surface area contributed by atoms with E-state index in [4.69, 9.17) is 0 Å². The van der Waals surface area contributed by atoms with Crippen molar-refractivity contribution >= 4 is 39.2 Å². The third-order valence-corrected chi connectivity index (χ3v) is 7.59. The first-order valence-electron chi connectivity index (χ1n) is 12.2. The summed E-state index contributed by atoms with van der Waals surface area (Å²) in [6, 6.07) is 9.19. The standard InChI is InChI=1S/C25H28F3N7O4S/c1-34(40(2,38)39)22-17(7-4-10-29-22)13-30-21-20(25(26,27)28)14-31-24(33-21)32-18-8-3-6-16(12-18)23(37)35-11-5-9-19(35)15-36/h3-4,6-8,10,12,14,19,36H,5,9,11,13,15H2,1-2H3,(H2,30,31,32,33). The van der Waals surface area contributed by atoms with Crippen molar-refractivity contribution in [3.05, 3.63) is 65.5 Å². The van der Waals surface area contributed by atoms with Crippen molar-refractivity contribution in [2.24, 2.45) is 0 Å². The van der Waals surface area contributed by atoms with E-state index in [-0.39, 0.29) is 36.9 Å². The van der Waals surface area contributed by atoms with Crippen LogP contribution in [0, 0.1) is 0 Å². The van der Waals surface area contributed by atoms with Crippen LogP contribution in [-0.2, 0) is 22.7 Å². The highest BCUT2D eigenvalue weighted by Crippen LogP contribution is 2.34. The minimum atomic E-state index is -4.77. The van der Waals surface area contributed by atoms with Crippen LogP contribution < -0.4 is 14.9 Å². The van der Waals surface area contributed by atoms with Gasteiger partial charge in [-0.2, -0.15) is 18.2 Å². The Bertz CT molecular complexity index is 1490. The molecular formula is C25H28F3N7O4S. The molecule has 1 amide bonds. The van der Waals surface area contributed by atoms with E-state index in [0.717, 1.165) is 17.0 Å². The molecule has 3 aromatic rings. The molecule has 0 bridgehead atoms. The van der Waals surface area contributed by atoms with Crippen LogP contribution in [0.5, 0.6) is 0 Å². The van der Waals surface area contributed by atoms with E-state index in [9.17, 15) is 31.5 Å². The first-order chi connectivity index (χ1) is 18.9. The summed E-state index contributed by atoms with van der Waals surface area (Å²) < 4.78 is 66.1. The number of nitrogens with one attached hydrogen (secondary N) is 2. The molecule has 1 atom stereocenters. The van der Waals surface area contributed by atoms with Gasteiger partial charge in [-0.3, -0.25) is 9.10 Å². The van der Waals surface area contributed by atoms with Gasteiger partial charge in [-0.25, -0.2) is 18.4 Å². The lowest BCUT2D eigenvalue weighted by atomic mass is 10.1. The molecule has 40 heavy (non-hydrogen) atoms. The number of hydrogen-bond acceptors (Lipinski definition) is 9. The van der Waals surface area contributed by atoms with E-state index in [1.165, 1.54) is 31.4 Å². The molecule has 0 saturated carbocycles. The molecule has 1 aromatic carbocycles. The molecule has 1 aliphatic rings. The molecule has 0 spiro atoms. The molecular weight excluding hydrogens is 551 g/mol. The number of benzene rings is 1. The lowest BCUT2D eigenvalue weighted by Gasteiger charge is -2.23. The number of carbonyl (C=O) groups is 1. The Morgan fingerprint density at radius 3 is 2.70 bits per heavy atom. The van der Waals surface area contributed by atoms with Crippen LogP contribution in [-0.4, -0.2) is 71.8 Å². The number of aromatic nitrogens is 3. The smallest absolute Gasteiger partial charge is 0.394 e. The Labute approximate surface area is 229 Å². The van der Waals surface area contributed by atoms with Crippen LogP contribution in [0.2, 0.25) is 0 Å². The van der Waals surface area contributed by atoms with Crippen molar-refractivity contribution in [3.63, 3.8) is 0 Å². The number of rotatable bonds is 9. The molecule has 4 rings (SSSR count). The van der Waals surface area contributed by atoms with Gasteiger partial charge in [0.05, 0.1) is 18.9 Å². The number of anilines is 4. The topological polar surface area (TPSA) is 141 Å². The number of hydrogen-bond donors (Lipinski definition) is 3. The number of nitrogens with zero attached hydrogens (tertiary/aromatic N) is 5. The average molecular weight is 580 g/mol. The number of sulfonamides is 1. The Kier molecular flexibility index (Phi) is 8.44. The summed E-state index contributed by atoms with van der Waals surface area (Å²) in [4.78, 5) is 26.4. The van der Waals surface area contributed by atoms with Crippen molar-refractivity contribution in [3.8, 4) is 0 Å². The fraction of sp³-hybridized carbons (Fsp3) is 0.360. The highest BCUT2D eigenvalue weighted by Gasteiger charge is 2.35. The number of aliphatic hydroxyl groups excluding tert-OH is 1. The lowest BCUT2D eigenvalue weighted by Crippen LogP contribution is -2.37. The number of aliphatic hydroxyl groups is 1. The van der Waals surface area contributed by atoms with Crippen LogP contribution in [0.25, 0.3) is 0 Å². The minimum Gasteiger partial charge on any atom is -0.394 e. The van der Waals surface area contributed by atoms with Gasteiger partial charge in [0.2, 0.25) is 16.0 Å². The maximum Gasteiger partial charge on any atom is 0.421 e. The van der Waals surface area contributed by atoms with E-state index in [2.05, 4.69) is 25.6 Å². The van der Waals surface area contributed by atoms with Crippen LogP contribution in [0.4, 0.5) is 36.4 Å². The van der Waals surface area contributed by atoms with Crippen molar-refractivity contribution in [2.45, 2.75) is 31.6 Å². The first kappa shape index (κ1) is 29.0. The van der Waals surface area contributed by atoms with Crippen LogP contribution in [0.15, 0.2) is 48.8 Å². The Morgan fingerprint density at radius 1 is 1.23 bits per heavy atom. The number of pyridine rings is 1. The fourth-order valence-corrected chi connectivity index (χ4v) is 4.77. The molecule has 1 fully saturated rings. The summed E-state index contributed by atoms with van der Waals surface area (Å²) in [5.41, 5.74) is -0.0747. The molecule has 214 valence electrons. The molecule has 1 aliphatic heterocycles. The number of likely N-dealkylation sites (tertiary alicyclic amines) is 1. The SMILES string of the molecule is CN(c1ncccc1CNc1nc(Nc2cccc(C(=O)N3CCCC3CO)c2)ncc1C(F)(F)F)S(C)(=O)=O. The molecule has 11 nitrogen and oxygen atoms in total. The van der Waals surface area contributed by atoms with Gasteiger partial charge in [0.25, 0.3) is 5.91 Å². The van der Waals surface area contributed by atoms with Gasteiger partial charge in [0.1, 0.15) is 17.2 Å². The summed E-state index contributed by atoms with van der Waals surface area (Å²) in [6.07, 6.45) is -0.277. The number of amides is 1. The number of halogens is 3. The highest BCUT2D eigenvalue weighted by molar-refractivity contribution is 7.92. The quantitative estimate of drug-likeness (QED) is 0.348. The summed E-state index contributed by atoms with van der Waals surface area (Å²) in [5.74, 6) is -0.894. The van der Waals surface area contributed by atoms with E-state index < -0.39 is 27.6 Å². The van der Waals surface area contributed by atoms with Crippen molar-refractivity contribution in [2.75, 3.05) is 41.4 Å². The first-order valence-corrected chi connectivity index (χ1v) is 14.1. The zero-order valence-electron chi connectivity index (χ0n) is 21.7. The third-order valence-electron chi connectivity index (χ3n) is 6.42. The zero-order chi connectivity index (χ0) is 29.1. The lowest BCUT2D eigenvalue weighted by molar-refractivity contribution is -0.137. The van der Waals surface area contributed by atoms with Gasteiger partial charge >= 0.3 is 6.18 Å². The molecule has 3 N–H and O–H groups in total. The molecule has 2 aromatic heterocycles. The highest BCUT2D eigenvalue weighted by atomic mass is 32.2. The predicted molar refractivity (Wildman–Crippen MR) is 143 cm³/mol. The van der Waals surface area contributed by atoms with Gasteiger partial charge in [0, 0.05) is 49.3 Å². The number of alkyl halides is 3. The van der Waals surface area contributed by atoms with Crippen LogP contribution in [0.1, 0.15) is 34.3 Å². The largest absolute Gasteiger partial charge is 0.421 e. The maximum atomic E-state index is 13.7. The van der Waals surface area contributed by atoms with Crippen molar-refractivity contribution < 1.29 is 31.5 Å². The summed E-state index contributed by atoms with van der Waals surface area (Å²) in [5, 5.41) is 15.0. The molecule has 15 heteroatoms. The van der Waals surface area contributed by atoms with Gasteiger partial charge in [0.15, 0.2) is 0 Å². The van der Waals surface area contributed by atoms with E-state index in [1.54, 1.807) is 23.1 Å². The van der Waals surface area contributed by atoms with E-state index in [1.807, 2.05) is 0 Å². The van der Waals surface area contributed by atoms with Gasteiger partial charge < -0.3 is 20.6 Å². The van der Waals surface area contributed by atoms with Crippen LogP contribution >= 0.6 is 0 Å². The molecule has 1 unspecified atom stereocenters. The summed E-state index contributed by atoms with van der Waals surface area (Å²) in [6.45, 7) is 0.176. The minimum absolute atomic E-state index is 0.0568. The van der Waals surface area contributed by atoms with Gasteiger partial charge in [-0.05, 0) is 37.1 Å². The maximum absolute atomic E-state index is 13.7. The Balaban J connectivity index is 1.58. The Morgan fingerprint density at radius 2 is 2.00 bits per heavy atom. The van der Waals surface area contributed by atoms with E-state index >= 15 is 0 Å².